The van der Waals surface area contributed by atoms with E-state index in [1.54, 1.807) is 0 Å². The maximum Gasteiger partial charge on any atom is 0.125 e. The van der Waals surface area contributed by atoms with Gasteiger partial charge < -0.3 is 5.32 Å². The van der Waals surface area contributed by atoms with E-state index in [1.165, 1.54) is 27.8 Å². The Balaban J connectivity index is 0.00000216. The van der Waals surface area contributed by atoms with Gasteiger partial charge in [-0.3, -0.25) is 9.88 Å². The van der Waals surface area contributed by atoms with E-state index in [-0.39, 0.29) is 0 Å². The Bertz CT molecular complexity index is 1400. The minimum atomic E-state index is -0.477. The quantitative estimate of drug-likeness (QED) is 0.331. The number of nitriles is 1. The van der Waals surface area contributed by atoms with Crippen LogP contribution in [0.5, 0.6) is 0 Å². The number of hydrogen-bond acceptors (Lipinski definition) is 5. The molecule has 4 rings (SSSR count). The molecule has 1 aromatic carbocycles. The summed E-state index contributed by atoms with van der Waals surface area (Å²) in [5, 5.41) is 12.7. The Morgan fingerprint density at radius 2 is 1.80 bits per heavy atom. The van der Waals surface area contributed by atoms with Crippen LogP contribution < -0.4 is 5.32 Å². The molecule has 0 atom stereocenters. The van der Waals surface area contributed by atoms with Gasteiger partial charge in [0.15, 0.2) is 0 Å². The average Bonchev–Trinajstić information content (AvgIpc) is 2.95. The zero-order chi connectivity index (χ0) is 29.4. The highest BCUT2D eigenvalue weighted by Crippen LogP contribution is 2.33. The normalized spacial score (nSPS) is 14.1. The van der Waals surface area contributed by atoms with Gasteiger partial charge >= 0.3 is 0 Å². The molecule has 0 spiro atoms. The van der Waals surface area contributed by atoms with Crippen molar-refractivity contribution in [2.75, 3.05) is 32.0 Å². The summed E-state index contributed by atoms with van der Waals surface area (Å²) in [5.41, 5.74) is 11.6. The second-order valence-electron chi connectivity index (χ2n) is 11.0. The summed E-state index contributed by atoms with van der Waals surface area (Å²) in [6.07, 6.45) is 9.49. The number of nitrogens with zero attached hydrogens (tertiary/aromatic N) is 4. The van der Waals surface area contributed by atoms with Crippen LogP contribution in [0.2, 0.25) is 0 Å². The zero-order valence-corrected chi connectivity index (χ0v) is 25.8. The smallest absolute Gasteiger partial charge is 0.125 e. The van der Waals surface area contributed by atoms with Gasteiger partial charge in [-0.05, 0) is 99.6 Å². The maximum atomic E-state index is 9.57. The molecule has 1 N–H and O–H groups in total. The van der Waals surface area contributed by atoms with Gasteiger partial charge in [0.2, 0.25) is 0 Å². The lowest BCUT2D eigenvalue weighted by Crippen LogP contribution is -2.30. The van der Waals surface area contributed by atoms with E-state index in [1.807, 2.05) is 53.2 Å². The van der Waals surface area contributed by atoms with Crippen LogP contribution in [-0.2, 0) is 5.41 Å². The van der Waals surface area contributed by atoms with Crippen molar-refractivity contribution in [3.63, 3.8) is 0 Å². The molecule has 2 aromatic heterocycles. The molecule has 0 saturated heterocycles. The number of benzene rings is 1. The van der Waals surface area contributed by atoms with Crippen LogP contribution in [0.4, 0.5) is 5.82 Å². The Hall–Kier alpha value is -3.75. The SMILES string of the molecule is CC.CNc1ccc(-c2ccnc(C)c2/C=C(\C)CN2CC=C(c3c(C)cc(C(C)(C)C#N)cc3C)CC2)cn1. The molecular weight excluding hydrogens is 490 g/mol. The predicted octanol–water partition coefficient (Wildman–Crippen LogP) is 8.13. The molecule has 1 aliphatic rings. The first-order valence-electron chi connectivity index (χ1n) is 14.3. The lowest BCUT2D eigenvalue weighted by atomic mass is 9.81. The number of nitrogens with one attached hydrogen (secondary N) is 1. The van der Waals surface area contributed by atoms with Crippen molar-refractivity contribution in [3.8, 4) is 17.2 Å². The molecule has 0 bridgehead atoms. The van der Waals surface area contributed by atoms with Crippen molar-refractivity contribution in [3.05, 3.63) is 87.9 Å². The third-order valence-corrected chi connectivity index (χ3v) is 7.53. The molecule has 40 heavy (non-hydrogen) atoms. The molecule has 0 fully saturated rings. The standard InChI is InChI=1S/C33H39N5.C2H6/c1-22(16-30-25(4)36-13-10-29(30)27-8-9-31(35-7)37-19-27)20-38-14-11-26(12-15-38)32-23(2)17-28(18-24(32)3)33(5,6)21-34;1-2/h8-11,13,16-19H,12,14-15,20H2,1-7H3,(H,35,37);1-2H3/b22-16+;. The Kier molecular flexibility index (Phi) is 10.4. The second-order valence-corrected chi connectivity index (χ2v) is 11.0. The van der Waals surface area contributed by atoms with Crippen LogP contribution in [-0.4, -0.2) is 41.5 Å². The molecule has 3 heterocycles. The number of rotatable bonds is 7. The number of anilines is 1. The van der Waals surface area contributed by atoms with Crippen LogP contribution >= 0.6 is 0 Å². The minimum absolute atomic E-state index is 0.477. The molecular formula is C35H45N5. The highest BCUT2D eigenvalue weighted by Gasteiger charge is 2.23. The van der Waals surface area contributed by atoms with E-state index in [4.69, 9.17) is 0 Å². The second kappa shape index (κ2) is 13.5. The molecule has 5 heteroatoms. The molecule has 0 radical (unpaired) electrons. The van der Waals surface area contributed by atoms with E-state index in [9.17, 15) is 5.26 Å². The fourth-order valence-electron chi connectivity index (χ4n) is 5.33. The molecule has 210 valence electrons. The number of pyridine rings is 2. The van der Waals surface area contributed by atoms with Gasteiger partial charge in [-0.15, -0.1) is 0 Å². The fraction of sp³-hybridized carbons (Fsp3) is 0.400. The first-order valence-corrected chi connectivity index (χ1v) is 14.3. The van der Waals surface area contributed by atoms with Crippen LogP contribution in [0.15, 0.2) is 54.4 Å². The van der Waals surface area contributed by atoms with Gasteiger partial charge in [0.1, 0.15) is 5.82 Å². The maximum absolute atomic E-state index is 9.57. The van der Waals surface area contributed by atoms with Crippen LogP contribution in [0.25, 0.3) is 22.8 Å². The summed E-state index contributed by atoms with van der Waals surface area (Å²) in [5.74, 6) is 0.859. The van der Waals surface area contributed by atoms with E-state index in [0.717, 1.165) is 59.8 Å². The van der Waals surface area contributed by atoms with Crippen LogP contribution in [0.1, 0.15) is 74.6 Å². The third kappa shape index (κ3) is 7.06. The average molecular weight is 536 g/mol. The van der Waals surface area contributed by atoms with Gasteiger partial charge in [-0.2, -0.15) is 5.26 Å². The molecule has 3 aromatic rings. The topological polar surface area (TPSA) is 64.8 Å². The zero-order valence-electron chi connectivity index (χ0n) is 25.8. The number of aryl methyl sites for hydroxylation is 3. The molecule has 5 nitrogen and oxygen atoms in total. The van der Waals surface area contributed by atoms with Gasteiger partial charge in [0, 0.05) is 55.9 Å². The van der Waals surface area contributed by atoms with E-state index < -0.39 is 5.41 Å². The van der Waals surface area contributed by atoms with Gasteiger partial charge in [-0.1, -0.05) is 43.7 Å². The molecule has 0 saturated carbocycles. The van der Waals surface area contributed by atoms with Gasteiger partial charge in [-0.25, -0.2) is 4.98 Å². The van der Waals surface area contributed by atoms with Crippen LogP contribution in [0.3, 0.4) is 0 Å². The molecule has 0 unspecified atom stereocenters. The summed E-state index contributed by atoms with van der Waals surface area (Å²) in [4.78, 5) is 11.6. The summed E-state index contributed by atoms with van der Waals surface area (Å²) in [7, 11) is 1.88. The summed E-state index contributed by atoms with van der Waals surface area (Å²) in [6.45, 7) is 19.5. The first kappa shape index (κ1) is 30.8. The fourth-order valence-corrected chi connectivity index (χ4v) is 5.33. The van der Waals surface area contributed by atoms with Crippen molar-refractivity contribution in [1.82, 2.24) is 14.9 Å². The van der Waals surface area contributed by atoms with E-state index >= 15 is 0 Å². The summed E-state index contributed by atoms with van der Waals surface area (Å²) >= 11 is 0. The molecule has 1 aliphatic heterocycles. The summed E-state index contributed by atoms with van der Waals surface area (Å²) < 4.78 is 0. The number of aromatic nitrogens is 2. The van der Waals surface area contributed by atoms with Crippen molar-refractivity contribution in [1.29, 1.82) is 5.26 Å². The summed E-state index contributed by atoms with van der Waals surface area (Å²) in [6, 6.07) is 13.0. The molecule has 0 aliphatic carbocycles. The van der Waals surface area contributed by atoms with Crippen LogP contribution in [0, 0.1) is 32.1 Å². The van der Waals surface area contributed by atoms with E-state index in [0.29, 0.717) is 0 Å². The van der Waals surface area contributed by atoms with Crippen molar-refractivity contribution < 1.29 is 0 Å². The Morgan fingerprint density at radius 1 is 1.10 bits per heavy atom. The largest absolute Gasteiger partial charge is 0.373 e. The molecule has 0 amide bonds. The Morgan fingerprint density at radius 3 is 2.35 bits per heavy atom. The highest BCUT2D eigenvalue weighted by molar-refractivity contribution is 5.77. The van der Waals surface area contributed by atoms with Crippen molar-refractivity contribution in [2.45, 2.75) is 67.2 Å². The predicted molar refractivity (Wildman–Crippen MR) is 170 cm³/mol. The van der Waals surface area contributed by atoms with E-state index in [2.05, 4.69) is 90.4 Å². The lowest BCUT2D eigenvalue weighted by Gasteiger charge is -2.29. The van der Waals surface area contributed by atoms with Gasteiger partial charge in [0.05, 0.1) is 11.5 Å². The van der Waals surface area contributed by atoms with Crippen molar-refractivity contribution >= 4 is 17.5 Å². The van der Waals surface area contributed by atoms with Crippen molar-refractivity contribution in [2.24, 2.45) is 0 Å². The minimum Gasteiger partial charge on any atom is -0.373 e. The monoisotopic (exact) mass is 535 g/mol. The number of hydrogen-bond donors (Lipinski definition) is 1. The lowest BCUT2D eigenvalue weighted by molar-refractivity contribution is 0.328. The Labute approximate surface area is 241 Å². The van der Waals surface area contributed by atoms with Gasteiger partial charge in [0.25, 0.3) is 0 Å². The highest BCUT2D eigenvalue weighted by atomic mass is 15.1. The first-order chi connectivity index (χ1) is 19.1. The third-order valence-electron chi connectivity index (χ3n) is 7.53.